The van der Waals surface area contributed by atoms with Crippen molar-refractivity contribution >= 4 is 11.7 Å². The minimum atomic E-state index is -0.829. The van der Waals surface area contributed by atoms with Crippen LogP contribution in [0.1, 0.15) is 17.5 Å². The molecule has 3 heteroatoms. The lowest BCUT2D eigenvalue weighted by molar-refractivity contribution is -0.136. The van der Waals surface area contributed by atoms with Gasteiger partial charge in [0, 0.05) is 11.1 Å². The highest BCUT2D eigenvalue weighted by molar-refractivity contribution is 6.12. The quantitative estimate of drug-likeness (QED) is 0.833. The number of carbonyl (C=O) groups is 1. The second-order valence-corrected chi connectivity index (χ2v) is 4.11. The van der Waals surface area contributed by atoms with Crippen LogP contribution < -0.4 is 0 Å². The predicted molar refractivity (Wildman–Crippen MR) is 75.6 cm³/mol. The SMILES string of the molecule is O=C(O)CCN=C(c1ccccc1)c1ccccc1. The van der Waals surface area contributed by atoms with Crippen LogP contribution in [-0.4, -0.2) is 23.3 Å². The summed E-state index contributed by atoms with van der Waals surface area (Å²) in [5, 5.41) is 8.70. The molecular weight excluding hydrogens is 238 g/mol. The summed E-state index contributed by atoms with van der Waals surface area (Å²) >= 11 is 0. The highest BCUT2D eigenvalue weighted by Gasteiger charge is 2.06. The summed E-state index contributed by atoms with van der Waals surface area (Å²) in [5.74, 6) is -0.829. The minimum Gasteiger partial charge on any atom is -0.481 e. The van der Waals surface area contributed by atoms with Gasteiger partial charge in [-0.2, -0.15) is 0 Å². The molecule has 0 aliphatic heterocycles. The molecule has 0 radical (unpaired) electrons. The zero-order valence-electron chi connectivity index (χ0n) is 10.5. The van der Waals surface area contributed by atoms with E-state index in [0.29, 0.717) is 0 Å². The molecule has 2 rings (SSSR count). The third-order valence-electron chi connectivity index (χ3n) is 2.69. The molecule has 19 heavy (non-hydrogen) atoms. The minimum absolute atomic E-state index is 0.0448. The lowest BCUT2D eigenvalue weighted by atomic mass is 10.0. The second kappa shape index (κ2) is 6.50. The van der Waals surface area contributed by atoms with Crippen molar-refractivity contribution < 1.29 is 9.90 Å². The summed E-state index contributed by atoms with van der Waals surface area (Å²) in [6.07, 6.45) is 0.0448. The molecule has 0 aromatic heterocycles. The van der Waals surface area contributed by atoms with Crippen LogP contribution in [0.5, 0.6) is 0 Å². The first-order valence-electron chi connectivity index (χ1n) is 6.14. The van der Waals surface area contributed by atoms with Gasteiger partial charge < -0.3 is 5.11 Å². The van der Waals surface area contributed by atoms with E-state index in [9.17, 15) is 4.79 Å². The van der Waals surface area contributed by atoms with Gasteiger partial charge in [-0.1, -0.05) is 60.7 Å². The Balaban J connectivity index is 2.31. The summed E-state index contributed by atoms with van der Waals surface area (Å²) in [5.41, 5.74) is 2.83. The highest BCUT2D eigenvalue weighted by atomic mass is 16.4. The van der Waals surface area contributed by atoms with Crippen LogP contribution in [0.25, 0.3) is 0 Å². The van der Waals surface area contributed by atoms with E-state index < -0.39 is 5.97 Å². The fourth-order valence-electron chi connectivity index (χ4n) is 1.80. The van der Waals surface area contributed by atoms with Crippen molar-refractivity contribution in [1.82, 2.24) is 0 Å². The van der Waals surface area contributed by atoms with Crippen LogP contribution in [0.4, 0.5) is 0 Å². The Hall–Kier alpha value is -2.42. The normalized spacial score (nSPS) is 9.89. The van der Waals surface area contributed by atoms with Crippen molar-refractivity contribution in [2.24, 2.45) is 4.99 Å². The number of rotatable bonds is 5. The Morgan fingerprint density at radius 2 is 1.37 bits per heavy atom. The topological polar surface area (TPSA) is 49.7 Å². The van der Waals surface area contributed by atoms with Crippen LogP contribution in [0.3, 0.4) is 0 Å². The number of hydrogen-bond donors (Lipinski definition) is 1. The number of carboxylic acid groups (broad SMARTS) is 1. The van der Waals surface area contributed by atoms with Crippen molar-refractivity contribution in [1.29, 1.82) is 0 Å². The van der Waals surface area contributed by atoms with Gasteiger partial charge in [-0.3, -0.25) is 9.79 Å². The Morgan fingerprint density at radius 1 is 0.895 bits per heavy atom. The standard InChI is InChI=1S/C16H15NO2/c18-15(19)11-12-17-16(13-7-3-1-4-8-13)14-9-5-2-6-10-14/h1-10H,11-12H2,(H,18,19). The average Bonchev–Trinajstić information content (AvgIpc) is 2.45. The number of nitrogens with zero attached hydrogens (tertiary/aromatic N) is 1. The lowest BCUT2D eigenvalue weighted by Crippen LogP contribution is -2.06. The van der Waals surface area contributed by atoms with Crippen LogP contribution >= 0.6 is 0 Å². The Bertz CT molecular complexity index is 520. The molecule has 2 aromatic rings. The first kappa shape index (κ1) is 13.0. The fraction of sp³-hybridized carbons (Fsp3) is 0.125. The summed E-state index contributed by atoms with van der Waals surface area (Å²) in [6.45, 7) is 0.286. The zero-order chi connectivity index (χ0) is 13.5. The molecule has 2 aromatic carbocycles. The number of aliphatic carboxylic acids is 1. The molecule has 0 saturated carbocycles. The molecule has 96 valence electrons. The van der Waals surface area contributed by atoms with E-state index >= 15 is 0 Å². The Kier molecular flexibility index (Phi) is 4.45. The maximum absolute atomic E-state index is 10.6. The van der Waals surface area contributed by atoms with Gasteiger partial charge in [0.2, 0.25) is 0 Å². The van der Waals surface area contributed by atoms with Crippen LogP contribution in [-0.2, 0) is 4.79 Å². The van der Waals surface area contributed by atoms with Gasteiger partial charge in [0.1, 0.15) is 0 Å². The maximum atomic E-state index is 10.6. The first-order chi connectivity index (χ1) is 9.27. The Labute approximate surface area is 112 Å². The number of hydrogen-bond acceptors (Lipinski definition) is 2. The summed E-state index contributed by atoms with van der Waals surface area (Å²) in [4.78, 5) is 15.0. The van der Waals surface area contributed by atoms with Crippen molar-refractivity contribution in [2.75, 3.05) is 6.54 Å². The molecule has 0 aliphatic rings. The molecule has 0 heterocycles. The summed E-state index contributed by atoms with van der Waals surface area (Å²) in [7, 11) is 0. The van der Waals surface area contributed by atoms with E-state index in [2.05, 4.69) is 4.99 Å². The third kappa shape index (κ3) is 3.78. The van der Waals surface area contributed by atoms with Crippen molar-refractivity contribution in [3.63, 3.8) is 0 Å². The van der Waals surface area contributed by atoms with Gasteiger partial charge in [0.05, 0.1) is 18.7 Å². The lowest BCUT2D eigenvalue weighted by Gasteiger charge is -2.07. The monoisotopic (exact) mass is 253 g/mol. The van der Waals surface area contributed by atoms with Crippen molar-refractivity contribution in [3.8, 4) is 0 Å². The molecular formula is C16H15NO2. The molecule has 0 fully saturated rings. The van der Waals surface area contributed by atoms with Crippen LogP contribution in [0, 0.1) is 0 Å². The van der Waals surface area contributed by atoms with Gasteiger partial charge in [-0.05, 0) is 0 Å². The summed E-state index contributed by atoms with van der Waals surface area (Å²) in [6, 6.07) is 19.6. The van der Waals surface area contributed by atoms with Gasteiger partial charge in [-0.15, -0.1) is 0 Å². The van der Waals surface area contributed by atoms with E-state index in [1.165, 1.54) is 0 Å². The molecule has 0 atom stereocenters. The van der Waals surface area contributed by atoms with E-state index in [1.807, 2.05) is 60.7 Å². The van der Waals surface area contributed by atoms with Crippen molar-refractivity contribution in [3.05, 3.63) is 71.8 Å². The average molecular weight is 253 g/mol. The van der Waals surface area contributed by atoms with Crippen LogP contribution in [0.15, 0.2) is 65.7 Å². The molecule has 0 saturated heterocycles. The van der Waals surface area contributed by atoms with E-state index in [0.717, 1.165) is 16.8 Å². The van der Waals surface area contributed by atoms with Gasteiger partial charge >= 0.3 is 5.97 Å². The molecule has 1 N–H and O–H groups in total. The highest BCUT2D eigenvalue weighted by Crippen LogP contribution is 2.11. The molecule has 0 aliphatic carbocycles. The van der Waals surface area contributed by atoms with Crippen molar-refractivity contribution in [2.45, 2.75) is 6.42 Å². The molecule has 0 unspecified atom stereocenters. The molecule has 3 nitrogen and oxygen atoms in total. The predicted octanol–water partition coefficient (Wildman–Crippen LogP) is 3.00. The fourth-order valence-corrected chi connectivity index (χ4v) is 1.80. The number of carboxylic acids is 1. The maximum Gasteiger partial charge on any atom is 0.305 e. The number of aliphatic imine (C=N–C) groups is 1. The van der Waals surface area contributed by atoms with E-state index in [4.69, 9.17) is 5.11 Å². The van der Waals surface area contributed by atoms with E-state index in [1.54, 1.807) is 0 Å². The molecule has 0 bridgehead atoms. The smallest absolute Gasteiger partial charge is 0.305 e. The van der Waals surface area contributed by atoms with E-state index in [-0.39, 0.29) is 13.0 Å². The van der Waals surface area contributed by atoms with Gasteiger partial charge in [0.25, 0.3) is 0 Å². The molecule has 0 amide bonds. The summed E-state index contributed by atoms with van der Waals surface area (Å²) < 4.78 is 0. The first-order valence-corrected chi connectivity index (χ1v) is 6.14. The Morgan fingerprint density at radius 3 is 1.79 bits per heavy atom. The number of benzene rings is 2. The second-order valence-electron chi connectivity index (χ2n) is 4.11. The van der Waals surface area contributed by atoms with Crippen LogP contribution in [0.2, 0.25) is 0 Å². The third-order valence-corrected chi connectivity index (χ3v) is 2.69. The largest absolute Gasteiger partial charge is 0.481 e. The van der Waals surface area contributed by atoms with Gasteiger partial charge in [-0.25, -0.2) is 0 Å². The molecule has 0 spiro atoms. The zero-order valence-corrected chi connectivity index (χ0v) is 10.5. The van der Waals surface area contributed by atoms with Gasteiger partial charge in [0.15, 0.2) is 0 Å².